The maximum absolute atomic E-state index is 14.2. The van der Waals surface area contributed by atoms with Gasteiger partial charge < -0.3 is 10.0 Å². The Balaban J connectivity index is 1.54. The third-order valence-electron chi connectivity index (χ3n) is 6.38. The van der Waals surface area contributed by atoms with E-state index < -0.39 is 5.82 Å². The maximum atomic E-state index is 14.2. The summed E-state index contributed by atoms with van der Waals surface area (Å²) >= 11 is 0. The van der Waals surface area contributed by atoms with Crippen molar-refractivity contribution in [3.8, 4) is 0 Å². The summed E-state index contributed by atoms with van der Waals surface area (Å²) in [7, 11) is 0. The predicted molar refractivity (Wildman–Crippen MR) is 105 cm³/mol. The summed E-state index contributed by atoms with van der Waals surface area (Å²) in [6.45, 7) is 0.127. The van der Waals surface area contributed by atoms with Gasteiger partial charge in [0.25, 0.3) is 5.91 Å². The predicted octanol–water partition coefficient (Wildman–Crippen LogP) is 4.09. The molecule has 0 saturated heterocycles. The van der Waals surface area contributed by atoms with Gasteiger partial charge in [-0.15, -0.1) is 0 Å². The molecular formula is C23H27FN2O2. The van der Waals surface area contributed by atoms with E-state index in [1.165, 1.54) is 6.07 Å². The lowest BCUT2D eigenvalue weighted by Crippen LogP contribution is -2.47. The van der Waals surface area contributed by atoms with Gasteiger partial charge in [0.2, 0.25) is 0 Å². The van der Waals surface area contributed by atoms with E-state index in [0.29, 0.717) is 6.42 Å². The molecule has 1 heterocycles. The largest absolute Gasteiger partial charge is 0.396 e. The van der Waals surface area contributed by atoms with E-state index in [4.69, 9.17) is 0 Å². The first-order valence-corrected chi connectivity index (χ1v) is 10.2. The summed E-state index contributed by atoms with van der Waals surface area (Å²) in [6.07, 6.45) is 7.95. The molecule has 1 amide bonds. The summed E-state index contributed by atoms with van der Waals surface area (Å²) in [4.78, 5) is 19.6. The minimum Gasteiger partial charge on any atom is -0.396 e. The van der Waals surface area contributed by atoms with Crippen LogP contribution >= 0.6 is 0 Å². The van der Waals surface area contributed by atoms with Gasteiger partial charge in [-0.1, -0.05) is 18.2 Å². The molecule has 2 saturated carbocycles. The number of halogens is 1. The van der Waals surface area contributed by atoms with Crippen LogP contribution in [0.4, 0.5) is 4.39 Å². The van der Waals surface area contributed by atoms with Crippen molar-refractivity contribution < 1.29 is 14.3 Å². The number of aliphatic hydroxyl groups excluding tert-OH is 1. The zero-order valence-corrected chi connectivity index (χ0v) is 16.1. The average molecular weight is 382 g/mol. The van der Waals surface area contributed by atoms with Crippen LogP contribution in [0.3, 0.4) is 0 Å². The Hall–Kier alpha value is -2.27. The second kappa shape index (κ2) is 8.00. The summed E-state index contributed by atoms with van der Waals surface area (Å²) in [6, 6.07) is 12.6. The fraction of sp³-hybridized carbons (Fsp3) is 0.478. The van der Waals surface area contributed by atoms with Crippen LogP contribution in [0.5, 0.6) is 0 Å². The molecule has 28 heavy (non-hydrogen) atoms. The summed E-state index contributed by atoms with van der Waals surface area (Å²) in [5, 5.41) is 9.65. The van der Waals surface area contributed by atoms with Crippen LogP contribution in [0.2, 0.25) is 0 Å². The highest BCUT2D eigenvalue weighted by atomic mass is 19.1. The van der Waals surface area contributed by atoms with Crippen LogP contribution in [-0.4, -0.2) is 39.6 Å². The molecule has 2 aliphatic rings. The van der Waals surface area contributed by atoms with Crippen molar-refractivity contribution in [1.82, 2.24) is 9.88 Å². The van der Waals surface area contributed by atoms with E-state index in [2.05, 4.69) is 4.98 Å². The molecule has 0 atom stereocenters. The molecule has 0 unspecified atom stereocenters. The molecule has 2 aliphatic carbocycles. The van der Waals surface area contributed by atoms with Crippen LogP contribution in [0.15, 0.2) is 48.7 Å². The minimum atomic E-state index is -0.447. The van der Waals surface area contributed by atoms with Gasteiger partial charge in [-0.2, -0.15) is 0 Å². The molecular weight excluding hydrogens is 355 g/mol. The van der Waals surface area contributed by atoms with E-state index in [9.17, 15) is 14.3 Å². The lowest BCUT2D eigenvalue weighted by atomic mass is 9.68. The quantitative estimate of drug-likeness (QED) is 0.819. The van der Waals surface area contributed by atoms with E-state index in [-0.39, 0.29) is 35.6 Å². The second-order valence-electron chi connectivity index (χ2n) is 8.12. The van der Waals surface area contributed by atoms with Gasteiger partial charge in [0.1, 0.15) is 5.82 Å². The summed E-state index contributed by atoms with van der Waals surface area (Å²) < 4.78 is 14.2. The normalized spacial score (nSPS) is 24.7. The number of nitrogens with zero attached hydrogens (tertiary/aromatic N) is 2. The van der Waals surface area contributed by atoms with Crippen molar-refractivity contribution in [3.05, 3.63) is 65.7 Å². The Morgan fingerprint density at radius 3 is 2.36 bits per heavy atom. The molecule has 148 valence electrons. The standard InChI is InChI=1S/C23H27FN2O2/c24-20-6-2-1-5-19(20)22(28)26(17-8-9-17)18-10-12-23(13-11-18,14-16-27)21-7-3-4-15-25-21/h1-7,15,17-18,27H,8-14,16H2/t18-,23-. The molecule has 1 N–H and O–H groups in total. The number of carbonyl (C=O) groups is 1. The molecule has 0 radical (unpaired) electrons. The molecule has 0 bridgehead atoms. The molecule has 2 aromatic rings. The maximum Gasteiger partial charge on any atom is 0.257 e. The fourth-order valence-corrected chi connectivity index (χ4v) is 4.71. The first kappa shape index (κ1) is 19.1. The fourth-order valence-electron chi connectivity index (χ4n) is 4.71. The molecule has 4 nitrogen and oxygen atoms in total. The highest BCUT2D eigenvalue weighted by molar-refractivity contribution is 5.95. The number of aromatic nitrogens is 1. The van der Waals surface area contributed by atoms with Crippen LogP contribution in [0.25, 0.3) is 0 Å². The Morgan fingerprint density at radius 1 is 1.07 bits per heavy atom. The number of benzene rings is 1. The van der Waals surface area contributed by atoms with Crippen molar-refractivity contribution in [3.63, 3.8) is 0 Å². The van der Waals surface area contributed by atoms with Crippen molar-refractivity contribution in [2.45, 2.75) is 62.4 Å². The molecule has 0 aliphatic heterocycles. The number of hydrogen-bond donors (Lipinski definition) is 1. The first-order chi connectivity index (χ1) is 13.6. The van der Waals surface area contributed by atoms with Gasteiger partial charge in [-0.3, -0.25) is 9.78 Å². The zero-order valence-electron chi connectivity index (χ0n) is 16.1. The Labute approximate surface area is 165 Å². The van der Waals surface area contributed by atoms with Crippen molar-refractivity contribution in [2.24, 2.45) is 0 Å². The monoisotopic (exact) mass is 382 g/mol. The van der Waals surface area contributed by atoms with Gasteiger partial charge >= 0.3 is 0 Å². The van der Waals surface area contributed by atoms with Crippen LogP contribution in [0, 0.1) is 5.82 Å². The lowest BCUT2D eigenvalue weighted by molar-refractivity contribution is 0.0544. The van der Waals surface area contributed by atoms with Gasteiger partial charge in [-0.05, 0) is 69.2 Å². The average Bonchev–Trinajstić information content (AvgIpc) is 3.56. The van der Waals surface area contributed by atoms with Crippen molar-refractivity contribution >= 4 is 5.91 Å². The minimum absolute atomic E-state index is 0.120. The molecule has 4 rings (SSSR count). The van der Waals surface area contributed by atoms with Crippen LogP contribution in [-0.2, 0) is 5.41 Å². The lowest BCUT2D eigenvalue weighted by Gasteiger charge is -2.43. The Bertz CT molecular complexity index is 814. The zero-order chi connectivity index (χ0) is 19.6. The highest BCUT2D eigenvalue weighted by Gasteiger charge is 2.44. The second-order valence-corrected chi connectivity index (χ2v) is 8.12. The van der Waals surface area contributed by atoms with E-state index in [0.717, 1.165) is 44.2 Å². The summed E-state index contributed by atoms with van der Waals surface area (Å²) in [5.74, 6) is -0.629. The number of amides is 1. The smallest absolute Gasteiger partial charge is 0.257 e. The van der Waals surface area contributed by atoms with E-state index in [1.807, 2.05) is 23.1 Å². The molecule has 1 aromatic heterocycles. The number of pyridine rings is 1. The molecule has 2 fully saturated rings. The van der Waals surface area contributed by atoms with Gasteiger partial charge in [0.05, 0.1) is 5.56 Å². The van der Waals surface area contributed by atoms with Crippen molar-refractivity contribution in [1.29, 1.82) is 0 Å². The number of carbonyl (C=O) groups excluding carboxylic acids is 1. The Morgan fingerprint density at radius 2 is 1.75 bits per heavy atom. The molecule has 0 spiro atoms. The van der Waals surface area contributed by atoms with Gasteiger partial charge in [0.15, 0.2) is 0 Å². The first-order valence-electron chi connectivity index (χ1n) is 10.2. The van der Waals surface area contributed by atoms with Crippen LogP contribution in [0.1, 0.15) is 61.0 Å². The Kier molecular flexibility index (Phi) is 5.44. The summed E-state index contributed by atoms with van der Waals surface area (Å²) in [5.41, 5.74) is 1.06. The van der Waals surface area contributed by atoms with Crippen molar-refractivity contribution in [2.75, 3.05) is 6.61 Å². The molecule has 1 aromatic carbocycles. The number of hydrogen-bond acceptors (Lipinski definition) is 3. The number of aliphatic hydroxyl groups is 1. The topological polar surface area (TPSA) is 53.4 Å². The van der Waals surface area contributed by atoms with E-state index in [1.54, 1.807) is 24.4 Å². The molecule has 5 heteroatoms. The van der Waals surface area contributed by atoms with Crippen LogP contribution < -0.4 is 0 Å². The highest BCUT2D eigenvalue weighted by Crippen LogP contribution is 2.44. The third kappa shape index (κ3) is 3.68. The van der Waals surface area contributed by atoms with Gasteiger partial charge in [-0.25, -0.2) is 4.39 Å². The number of rotatable bonds is 6. The SMILES string of the molecule is O=C(c1ccccc1F)N(C1CC1)[C@H]1CC[C@](CCO)(c2ccccn2)CC1. The van der Waals surface area contributed by atoms with Gasteiger partial charge in [0, 0.05) is 36.0 Å². The third-order valence-corrected chi connectivity index (χ3v) is 6.38. The van der Waals surface area contributed by atoms with E-state index >= 15 is 0 Å².